The van der Waals surface area contributed by atoms with Crippen molar-refractivity contribution in [3.8, 4) is 11.1 Å². The van der Waals surface area contributed by atoms with Crippen LogP contribution < -0.4 is 4.90 Å². The molecular formula is C23H31ClN4O4. The number of hydrogen-bond acceptors (Lipinski definition) is 6. The van der Waals surface area contributed by atoms with E-state index in [4.69, 9.17) is 21.1 Å². The number of rotatable bonds is 2. The number of imide groups is 1. The van der Waals surface area contributed by atoms with Crippen LogP contribution >= 0.6 is 11.6 Å². The van der Waals surface area contributed by atoms with Crippen molar-refractivity contribution < 1.29 is 19.1 Å². The van der Waals surface area contributed by atoms with Gasteiger partial charge in [-0.1, -0.05) is 25.4 Å². The van der Waals surface area contributed by atoms with Crippen molar-refractivity contribution in [1.29, 1.82) is 0 Å². The average Bonchev–Trinajstić information content (AvgIpc) is 3.08. The molecule has 0 aromatic carbocycles. The SMILES string of the molecule is CC1(C)Cc2c(-c3cc(N(C(=O)OC(C)(C)C)C(=O)OC(C)(C)C)ncc3Cl)cnn2C1. The highest BCUT2D eigenvalue weighted by atomic mass is 35.5. The van der Waals surface area contributed by atoms with Crippen LogP contribution in [-0.4, -0.2) is 38.2 Å². The Kier molecular flexibility index (Phi) is 6.06. The van der Waals surface area contributed by atoms with Gasteiger partial charge in [0.25, 0.3) is 0 Å². The molecule has 0 saturated carbocycles. The van der Waals surface area contributed by atoms with Gasteiger partial charge < -0.3 is 9.47 Å². The summed E-state index contributed by atoms with van der Waals surface area (Å²) in [7, 11) is 0. The lowest BCUT2D eigenvalue weighted by Crippen LogP contribution is -2.44. The first-order valence-corrected chi connectivity index (χ1v) is 10.9. The minimum atomic E-state index is -0.881. The van der Waals surface area contributed by atoms with Gasteiger partial charge in [-0.05, 0) is 59.4 Å². The molecule has 2 amide bonds. The van der Waals surface area contributed by atoms with Crippen molar-refractivity contribution in [1.82, 2.24) is 14.8 Å². The summed E-state index contributed by atoms with van der Waals surface area (Å²) in [5, 5.41) is 4.88. The van der Waals surface area contributed by atoms with E-state index in [1.807, 2.05) is 4.68 Å². The number of hydrogen-bond donors (Lipinski definition) is 0. The number of fused-ring (bicyclic) bond motifs is 1. The van der Waals surface area contributed by atoms with E-state index in [1.165, 1.54) is 6.20 Å². The van der Waals surface area contributed by atoms with Gasteiger partial charge in [-0.3, -0.25) is 4.68 Å². The summed E-state index contributed by atoms with van der Waals surface area (Å²) in [6, 6.07) is 1.60. The van der Waals surface area contributed by atoms with Crippen LogP contribution in [0.25, 0.3) is 11.1 Å². The zero-order valence-electron chi connectivity index (χ0n) is 19.9. The number of aromatic nitrogens is 3. The third-order valence-electron chi connectivity index (χ3n) is 4.68. The Hall–Kier alpha value is -2.61. The van der Waals surface area contributed by atoms with Crippen LogP contribution in [0.1, 0.15) is 61.1 Å². The normalized spacial score (nSPS) is 15.3. The largest absolute Gasteiger partial charge is 0.443 e. The quantitative estimate of drug-likeness (QED) is 0.555. The predicted molar refractivity (Wildman–Crippen MR) is 123 cm³/mol. The number of amides is 2. The highest BCUT2D eigenvalue weighted by Crippen LogP contribution is 2.40. The van der Waals surface area contributed by atoms with Gasteiger partial charge in [0, 0.05) is 29.6 Å². The average molecular weight is 463 g/mol. The van der Waals surface area contributed by atoms with E-state index in [0.717, 1.165) is 29.1 Å². The summed E-state index contributed by atoms with van der Waals surface area (Å²) in [6.45, 7) is 15.5. The summed E-state index contributed by atoms with van der Waals surface area (Å²) >= 11 is 6.49. The molecule has 3 rings (SSSR count). The minimum absolute atomic E-state index is 0.0603. The monoisotopic (exact) mass is 462 g/mol. The van der Waals surface area contributed by atoms with Crippen LogP contribution in [0.5, 0.6) is 0 Å². The Morgan fingerprint density at radius 1 is 1.03 bits per heavy atom. The highest BCUT2D eigenvalue weighted by Gasteiger charge is 2.35. The highest BCUT2D eigenvalue weighted by molar-refractivity contribution is 6.33. The van der Waals surface area contributed by atoms with E-state index in [9.17, 15) is 9.59 Å². The molecule has 0 aliphatic carbocycles. The zero-order valence-corrected chi connectivity index (χ0v) is 20.7. The van der Waals surface area contributed by atoms with Crippen LogP contribution in [0.2, 0.25) is 5.02 Å². The lowest BCUT2D eigenvalue weighted by molar-refractivity contribution is 0.0429. The fourth-order valence-corrected chi connectivity index (χ4v) is 3.71. The first kappa shape index (κ1) is 24.0. The van der Waals surface area contributed by atoms with Crippen molar-refractivity contribution in [3.63, 3.8) is 0 Å². The Balaban J connectivity index is 2.06. The van der Waals surface area contributed by atoms with E-state index in [0.29, 0.717) is 10.6 Å². The van der Waals surface area contributed by atoms with Crippen molar-refractivity contribution in [2.75, 3.05) is 4.90 Å². The molecule has 0 spiro atoms. The maximum absolute atomic E-state index is 13.0. The maximum Gasteiger partial charge on any atom is 0.425 e. The van der Waals surface area contributed by atoms with Crippen LogP contribution in [0, 0.1) is 5.41 Å². The number of nitrogens with zero attached hydrogens (tertiary/aromatic N) is 4. The molecule has 0 radical (unpaired) electrons. The maximum atomic E-state index is 13.0. The van der Waals surface area contributed by atoms with Crippen molar-refractivity contribution >= 4 is 29.6 Å². The molecular weight excluding hydrogens is 432 g/mol. The van der Waals surface area contributed by atoms with Gasteiger partial charge in [-0.25, -0.2) is 14.6 Å². The van der Waals surface area contributed by atoms with Crippen molar-refractivity contribution in [2.24, 2.45) is 5.41 Å². The van der Waals surface area contributed by atoms with Gasteiger partial charge in [-0.2, -0.15) is 10.00 Å². The second-order valence-electron chi connectivity index (χ2n) is 10.8. The minimum Gasteiger partial charge on any atom is -0.443 e. The molecule has 2 aromatic rings. The molecule has 1 aliphatic heterocycles. The molecule has 1 aliphatic rings. The van der Waals surface area contributed by atoms with E-state index in [-0.39, 0.29) is 11.2 Å². The molecule has 0 fully saturated rings. The first-order valence-electron chi connectivity index (χ1n) is 10.5. The van der Waals surface area contributed by atoms with Crippen molar-refractivity contribution in [3.05, 3.63) is 29.2 Å². The van der Waals surface area contributed by atoms with Crippen LogP contribution in [0.3, 0.4) is 0 Å². The van der Waals surface area contributed by atoms with Gasteiger partial charge in [0.1, 0.15) is 17.0 Å². The van der Waals surface area contributed by atoms with Crippen LogP contribution in [0.4, 0.5) is 15.4 Å². The number of carbonyl (C=O) groups is 2. The van der Waals surface area contributed by atoms with E-state index in [1.54, 1.807) is 53.8 Å². The molecule has 0 N–H and O–H groups in total. The summed E-state index contributed by atoms with van der Waals surface area (Å²) in [4.78, 5) is 30.9. The van der Waals surface area contributed by atoms with Crippen LogP contribution in [-0.2, 0) is 22.4 Å². The number of pyridine rings is 1. The Bertz CT molecular complexity index is 1020. The summed E-state index contributed by atoms with van der Waals surface area (Å²) in [5.74, 6) is 0.0603. The molecule has 2 aromatic heterocycles. The number of anilines is 1. The molecule has 0 saturated heterocycles. The van der Waals surface area contributed by atoms with E-state index in [2.05, 4.69) is 23.9 Å². The zero-order chi connectivity index (χ0) is 24.1. The molecule has 9 heteroatoms. The lowest BCUT2D eigenvalue weighted by atomic mass is 9.89. The molecule has 8 nitrogen and oxygen atoms in total. The number of halogens is 1. The number of carbonyl (C=O) groups excluding carboxylic acids is 2. The standard InChI is InChI=1S/C23H31ClN4O4/c1-21(2,3)31-19(29)28(20(30)32-22(4,5)6)18-9-14(16(24)12-25-18)15-11-26-27-13-23(7,8)10-17(15)27/h9,11-12H,10,13H2,1-8H3. The van der Waals surface area contributed by atoms with Gasteiger partial charge >= 0.3 is 12.2 Å². The summed E-state index contributed by atoms with van der Waals surface area (Å²) < 4.78 is 12.9. The lowest BCUT2D eigenvalue weighted by Gasteiger charge is -2.28. The molecule has 32 heavy (non-hydrogen) atoms. The Labute approximate surface area is 193 Å². The summed E-state index contributed by atoms with van der Waals surface area (Å²) in [5.41, 5.74) is 0.983. The molecule has 174 valence electrons. The van der Waals surface area contributed by atoms with Gasteiger partial charge in [0.2, 0.25) is 0 Å². The van der Waals surface area contributed by atoms with E-state index < -0.39 is 23.4 Å². The third kappa shape index (κ3) is 5.41. The third-order valence-corrected chi connectivity index (χ3v) is 4.99. The first-order chi connectivity index (χ1) is 14.6. The Morgan fingerprint density at radius 3 is 2.12 bits per heavy atom. The number of ether oxygens (including phenoxy) is 2. The van der Waals surface area contributed by atoms with Crippen LogP contribution in [0.15, 0.2) is 18.5 Å². The van der Waals surface area contributed by atoms with Gasteiger partial charge in [0.05, 0.1) is 11.2 Å². The fraction of sp³-hybridized carbons (Fsp3) is 0.565. The second kappa shape index (κ2) is 8.06. The summed E-state index contributed by atoms with van der Waals surface area (Å²) in [6.07, 6.45) is 2.24. The second-order valence-corrected chi connectivity index (χ2v) is 11.2. The molecule has 0 atom stereocenters. The van der Waals surface area contributed by atoms with E-state index >= 15 is 0 Å². The molecule has 3 heterocycles. The Morgan fingerprint density at radius 2 is 1.59 bits per heavy atom. The molecule has 0 bridgehead atoms. The fourth-order valence-electron chi connectivity index (χ4n) is 3.51. The molecule has 0 unspecified atom stereocenters. The van der Waals surface area contributed by atoms with Crippen molar-refractivity contribution in [2.45, 2.75) is 79.6 Å². The van der Waals surface area contributed by atoms with Gasteiger partial charge in [0.15, 0.2) is 0 Å². The smallest absolute Gasteiger partial charge is 0.425 e. The van der Waals surface area contributed by atoms with Gasteiger partial charge in [-0.15, -0.1) is 0 Å². The topological polar surface area (TPSA) is 86.6 Å². The predicted octanol–water partition coefficient (Wildman–Crippen LogP) is 5.86.